The molecule has 8 nitrogen and oxygen atoms in total. The Kier molecular flexibility index (Phi) is 3.65. The lowest BCUT2D eigenvalue weighted by Gasteiger charge is -2.11. The van der Waals surface area contributed by atoms with Crippen molar-refractivity contribution in [3.05, 3.63) is 23.8 Å². The maximum absolute atomic E-state index is 12.1. The fraction of sp³-hybridized carbons (Fsp3) is 0.200. The summed E-state index contributed by atoms with van der Waals surface area (Å²) in [7, 11) is 1.50. The Morgan fingerprint density at radius 1 is 1.43 bits per heavy atom. The molecule has 1 aromatic carbocycles. The summed E-state index contributed by atoms with van der Waals surface area (Å²) in [5.74, 6) is -1.28. The molecule has 2 aromatic rings. The Morgan fingerprint density at radius 2 is 2.14 bits per heavy atom. The number of aromatic nitrogens is 4. The van der Waals surface area contributed by atoms with Crippen LogP contribution in [0.15, 0.2) is 18.2 Å². The van der Waals surface area contributed by atoms with Gasteiger partial charge in [0.15, 0.2) is 5.75 Å². The number of hydrogen-bond acceptors (Lipinski definition) is 6. The van der Waals surface area contributed by atoms with Crippen molar-refractivity contribution in [3.63, 3.8) is 0 Å². The molecule has 0 spiro atoms. The molecule has 0 aliphatic rings. The van der Waals surface area contributed by atoms with Crippen LogP contribution >= 0.6 is 0 Å². The molecular formula is C10H9F3N6O2. The number of alkyl halides is 3. The Labute approximate surface area is 115 Å². The number of carbonyl (C=O) groups is 1. The average molecular weight is 302 g/mol. The molecule has 0 aliphatic carbocycles. The minimum absolute atomic E-state index is 0.0227. The first-order valence-corrected chi connectivity index (χ1v) is 5.45. The van der Waals surface area contributed by atoms with E-state index >= 15 is 0 Å². The zero-order valence-electron chi connectivity index (χ0n) is 10.5. The van der Waals surface area contributed by atoms with Crippen molar-refractivity contribution in [2.24, 2.45) is 7.05 Å². The predicted molar refractivity (Wildman–Crippen MR) is 64.3 cm³/mol. The molecule has 3 N–H and O–H groups in total. The van der Waals surface area contributed by atoms with Gasteiger partial charge < -0.3 is 10.5 Å². The summed E-state index contributed by atoms with van der Waals surface area (Å²) in [6, 6.07) is 3.12. The normalized spacial score (nSPS) is 11.2. The molecule has 0 aliphatic heterocycles. The van der Waals surface area contributed by atoms with Crippen LogP contribution in [0.2, 0.25) is 0 Å². The van der Waals surface area contributed by atoms with E-state index in [4.69, 9.17) is 5.73 Å². The van der Waals surface area contributed by atoms with Crippen molar-refractivity contribution in [2.75, 3.05) is 11.1 Å². The third-order valence-corrected chi connectivity index (χ3v) is 2.23. The van der Waals surface area contributed by atoms with E-state index < -0.39 is 18.0 Å². The highest BCUT2D eigenvalue weighted by atomic mass is 19.4. The number of rotatable bonds is 3. The van der Waals surface area contributed by atoms with E-state index in [0.29, 0.717) is 0 Å². The topological polar surface area (TPSA) is 108 Å². The van der Waals surface area contributed by atoms with E-state index in [2.05, 4.69) is 25.5 Å². The van der Waals surface area contributed by atoms with Gasteiger partial charge in [0, 0.05) is 5.56 Å². The van der Waals surface area contributed by atoms with Crippen molar-refractivity contribution in [2.45, 2.75) is 6.36 Å². The highest BCUT2D eigenvalue weighted by Gasteiger charge is 2.32. The van der Waals surface area contributed by atoms with E-state index in [-0.39, 0.29) is 17.2 Å². The van der Waals surface area contributed by atoms with Crippen LogP contribution in [-0.2, 0) is 7.05 Å². The zero-order chi connectivity index (χ0) is 15.6. The van der Waals surface area contributed by atoms with Gasteiger partial charge in [-0.25, -0.2) is 0 Å². The summed E-state index contributed by atoms with van der Waals surface area (Å²) in [6.07, 6.45) is -4.86. The van der Waals surface area contributed by atoms with Gasteiger partial charge in [-0.3, -0.25) is 10.1 Å². The fourth-order valence-corrected chi connectivity index (χ4v) is 1.42. The number of halogens is 3. The molecule has 11 heteroatoms. The number of nitrogens with zero attached hydrogens (tertiary/aromatic N) is 4. The quantitative estimate of drug-likeness (QED) is 0.817. The SMILES string of the molecule is Cn1nnc(NC(=O)c2ccc(OC(F)(F)F)c(N)c2)n1. The number of aryl methyl sites for hydroxylation is 1. The third kappa shape index (κ3) is 3.81. The van der Waals surface area contributed by atoms with Gasteiger partial charge in [0.2, 0.25) is 0 Å². The van der Waals surface area contributed by atoms with Gasteiger partial charge in [-0.05, 0) is 23.4 Å². The van der Waals surface area contributed by atoms with Crippen molar-refractivity contribution < 1.29 is 22.7 Å². The van der Waals surface area contributed by atoms with Crippen molar-refractivity contribution >= 4 is 17.5 Å². The lowest BCUT2D eigenvalue weighted by Crippen LogP contribution is -2.18. The molecular weight excluding hydrogens is 293 g/mol. The summed E-state index contributed by atoms with van der Waals surface area (Å²) in [5.41, 5.74) is 5.11. The van der Waals surface area contributed by atoms with Gasteiger partial charge in [-0.1, -0.05) is 5.10 Å². The van der Waals surface area contributed by atoms with Crippen LogP contribution in [0.5, 0.6) is 5.75 Å². The highest BCUT2D eigenvalue weighted by Crippen LogP contribution is 2.29. The van der Waals surface area contributed by atoms with Crippen LogP contribution in [0.25, 0.3) is 0 Å². The van der Waals surface area contributed by atoms with Crippen LogP contribution in [0.3, 0.4) is 0 Å². The standard InChI is InChI=1S/C10H9F3N6O2/c1-19-17-9(16-18-19)15-8(20)5-2-3-7(6(14)4-5)21-10(11,12)13/h2-4H,14H2,1H3,(H,15,17,20). The van der Waals surface area contributed by atoms with Crippen molar-refractivity contribution in [3.8, 4) is 5.75 Å². The van der Waals surface area contributed by atoms with Gasteiger partial charge >= 0.3 is 6.36 Å². The first kappa shape index (κ1) is 14.6. The Balaban J connectivity index is 2.14. The first-order valence-electron chi connectivity index (χ1n) is 5.45. The van der Waals surface area contributed by atoms with Gasteiger partial charge in [0.25, 0.3) is 11.9 Å². The van der Waals surface area contributed by atoms with E-state index in [1.54, 1.807) is 0 Å². The molecule has 1 amide bonds. The van der Waals surface area contributed by atoms with E-state index in [1.165, 1.54) is 7.05 Å². The number of amides is 1. The second-order valence-corrected chi connectivity index (χ2v) is 3.86. The molecule has 2 rings (SSSR count). The monoisotopic (exact) mass is 302 g/mol. The Hall–Kier alpha value is -2.85. The number of benzene rings is 1. The summed E-state index contributed by atoms with van der Waals surface area (Å²) in [4.78, 5) is 13.0. The first-order chi connectivity index (χ1) is 9.74. The number of nitrogen functional groups attached to an aromatic ring is 1. The minimum Gasteiger partial charge on any atom is -0.404 e. The summed E-state index contributed by atoms with van der Waals surface area (Å²) >= 11 is 0. The zero-order valence-corrected chi connectivity index (χ0v) is 10.5. The highest BCUT2D eigenvalue weighted by molar-refractivity contribution is 6.04. The van der Waals surface area contributed by atoms with Gasteiger partial charge in [0.05, 0.1) is 12.7 Å². The molecule has 0 unspecified atom stereocenters. The third-order valence-electron chi connectivity index (χ3n) is 2.23. The van der Waals surface area contributed by atoms with E-state index in [9.17, 15) is 18.0 Å². The summed E-state index contributed by atoms with van der Waals surface area (Å²) in [6.45, 7) is 0. The Bertz CT molecular complexity index is 669. The molecule has 0 atom stereocenters. The van der Waals surface area contributed by atoms with E-state index in [1.807, 2.05) is 0 Å². The molecule has 0 saturated heterocycles. The number of carbonyl (C=O) groups excluding carboxylic acids is 1. The lowest BCUT2D eigenvalue weighted by atomic mass is 10.2. The number of anilines is 2. The van der Waals surface area contributed by atoms with Gasteiger partial charge in [-0.15, -0.1) is 18.3 Å². The van der Waals surface area contributed by atoms with E-state index in [0.717, 1.165) is 23.0 Å². The second kappa shape index (κ2) is 5.26. The van der Waals surface area contributed by atoms with Crippen LogP contribution in [-0.4, -0.2) is 32.5 Å². The summed E-state index contributed by atoms with van der Waals surface area (Å²) < 4.78 is 40.0. The van der Waals surface area contributed by atoms with Crippen LogP contribution in [0.1, 0.15) is 10.4 Å². The Morgan fingerprint density at radius 3 is 2.67 bits per heavy atom. The number of tetrazole rings is 1. The van der Waals surface area contributed by atoms with Crippen LogP contribution < -0.4 is 15.8 Å². The predicted octanol–water partition coefficient (Wildman–Crippen LogP) is 0.943. The molecule has 21 heavy (non-hydrogen) atoms. The van der Waals surface area contributed by atoms with Crippen LogP contribution in [0.4, 0.5) is 24.8 Å². The molecule has 0 radical (unpaired) electrons. The molecule has 0 saturated carbocycles. The van der Waals surface area contributed by atoms with Crippen molar-refractivity contribution in [1.82, 2.24) is 20.2 Å². The second-order valence-electron chi connectivity index (χ2n) is 3.86. The molecule has 112 valence electrons. The van der Waals surface area contributed by atoms with Gasteiger partial charge in [-0.2, -0.15) is 4.80 Å². The number of ether oxygens (including phenoxy) is 1. The van der Waals surface area contributed by atoms with Crippen molar-refractivity contribution in [1.29, 1.82) is 0 Å². The molecule has 1 aromatic heterocycles. The molecule has 0 fully saturated rings. The average Bonchev–Trinajstić information content (AvgIpc) is 2.75. The maximum atomic E-state index is 12.1. The van der Waals surface area contributed by atoms with Crippen LogP contribution in [0, 0.1) is 0 Å². The molecule has 1 heterocycles. The number of nitrogens with two attached hydrogens (primary N) is 1. The minimum atomic E-state index is -4.86. The maximum Gasteiger partial charge on any atom is 0.573 e. The largest absolute Gasteiger partial charge is 0.573 e. The lowest BCUT2D eigenvalue weighted by molar-refractivity contribution is -0.274. The smallest absolute Gasteiger partial charge is 0.404 e. The number of nitrogens with one attached hydrogen (secondary N) is 1. The molecule has 0 bridgehead atoms. The summed E-state index contributed by atoms with van der Waals surface area (Å²) in [5, 5.41) is 13.1. The fourth-order valence-electron chi connectivity index (χ4n) is 1.42. The van der Waals surface area contributed by atoms with Gasteiger partial charge in [0.1, 0.15) is 0 Å². The number of hydrogen-bond donors (Lipinski definition) is 2.